The van der Waals surface area contributed by atoms with Gasteiger partial charge in [0, 0.05) is 40.4 Å². The van der Waals surface area contributed by atoms with Gasteiger partial charge in [-0.3, -0.25) is 4.90 Å². The molecule has 0 spiro atoms. The van der Waals surface area contributed by atoms with Crippen molar-refractivity contribution in [2.24, 2.45) is 0 Å². The molecule has 0 amide bonds. The van der Waals surface area contributed by atoms with Gasteiger partial charge in [-0.2, -0.15) is 0 Å². The van der Waals surface area contributed by atoms with Gasteiger partial charge in [0.2, 0.25) is 0 Å². The number of likely N-dealkylation sites (tertiary alicyclic amines) is 1. The number of thiazole rings is 1. The summed E-state index contributed by atoms with van der Waals surface area (Å²) >= 11 is 1.78. The second-order valence-corrected chi connectivity index (χ2v) is 7.66. The van der Waals surface area contributed by atoms with E-state index in [-0.39, 0.29) is 0 Å². The highest BCUT2D eigenvalue weighted by Gasteiger charge is 2.23. The predicted molar refractivity (Wildman–Crippen MR) is 106 cm³/mol. The zero-order valence-corrected chi connectivity index (χ0v) is 16.1. The number of benzene rings is 2. The second kappa shape index (κ2) is 7.64. The number of nitrogens with zero attached hydrogens (tertiary/aromatic N) is 2. The van der Waals surface area contributed by atoms with Crippen LogP contribution in [0, 0.1) is 0 Å². The van der Waals surface area contributed by atoms with E-state index in [9.17, 15) is 0 Å². The molecule has 136 valence electrons. The standard InChI is InChI=1S/C21H24N2O2S/c1-24-19-13-16(20(25-2)18-6-4-3-5-17(18)19)14-23-10-7-15(8-11-23)21-22-9-12-26-21/h3-6,9,12-13,15H,7-8,10-11,14H2,1-2H3. The first-order valence-electron chi connectivity index (χ1n) is 9.04. The largest absolute Gasteiger partial charge is 0.496 e. The van der Waals surface area contributed by atoms with Crippen molar-refractivity contribution in [3.63, 3.8) is 0 Å². The van der Waals surface area contributed by atoms with Crippen molar-refractivity contribution < 1.29 is 9.47 Å². The molecule has 2 heterocycles. The van der Waals surface area contributed by atoms with E-state index in [4.69, 9.17) is 9.47 Å². The van der Waals surface area contributed by atoms with E-state index in [1.165, 1.54) is 23.4 Å². The summed E-state index contributed by atoms with van der Waals surface area (Å²) in [7, 11) is 3.49. The molecule has 0 bridgehead atoms. The highest BCUT2D eigenvalue weighted by atomic mass is 32.1. The van der Waals surface area contributed by atoms with Gasteiger partial charge in [-0.05, 0) is 32.0 Å². The average molecular weight is 369 g/mol. The van der Waals surface area contributed by atoms with Gasteiger partial charge in [-0.1, -0.05) is 24.3 Å². The maximum Gasteiger partial charge on any atom is 0.131 e. The normalized spacial score (nSPS) is 16.1. The summed E-state index contributed by atoms with van der Waals surface area (Å²) in [4.78, 5) is 7.01. The average Bonchev–Trinajstić information content (AvgIpc) is 3.22. The Morgan fingerprint density at radius 2 is 1.88 bits per heavy atom. The minimum atomic E-state index is 0.610. The lowest BCUT2D eigenvalue weighted by Crippen LogP contribution is -2.32. The van der Waals surface area contributed by atoms with Crippen LogP contribution in [-0.4, -0.2) is 37.2 Å². The van der Waals surface area contributed by atoms with Crippen molar-refractivity contribution in [3.8, 4) is 11.5 Å². The van der Waals surface area contributed by atoms with Crippen LogP contribution in [-0.2, 0) is 6.54 Å². The van der Waals surface area contributed by atoms with Gasteiger partial charge >= 0.3 is 0 Å². The maximum atomic E-state index is 5.79. The molecule has 5 heteroatoms. The van der Waals surface area contributed by atoms with Crippen molar-refractivity contribution in [2.45, 2.75) is 25.3 Å². The number of piperidine rings is 1. The van der Waals surface area contributed by atoms with Crippen LogP contribution in [0.1, 0.15) is 29.3 Å². The molecule has 4 nitrogen and oxygen atoms in total. The number of ether oxygens (including phenoxy) is 2. The maximum absolute atomic E-state index is 5.79. The molecule has 3 aromatic rings. The Bertz CT molecular complexity index is 871. The minimum absolute atomic E-state index is 0.610. The van der Waals surface area contributed by atoms with Crippen LogP contribution in [0.25, 0.3) is 10.8 Å². The topological polar surface area (TPSA) is 34.6 Å². The van der Waals surface area contributed by atoms with E-state index in [1.807, 2.05) is 18.3 Å². The van der Waals surface area contributed by atoms with E-state index in [2.05, 4.69) is 33.5 Å². The van der Waals surface area contributed by atoms with Crippen molar-refractivity contribution in [1.82, 2.24) is 9.88 Å². The molecule has 0 unspecified atom stereocenters. The Kier molecular flexibility index (Phi) is 5.09. The third-order valence-corrected chi connectivity index (χ3v) is 6.18. The molecule has 0 radical (unpaired) electrons. The predicted octanol–water partition coefficient (Wildman–Crippen LogP) is 4.69. The van der Waals surface area contributed by atoms with Gasteiger partial charge in [-0.15, -0.1) is 11.3 Å². The molecule has 1 aliphatic rings. The summed E-state index contributed by atoms with van der Waals surface area (Å²) in [6.07, 6.45) is 4.25. The fraction of sp³-hybridized carbons (Fsp3) is 0.381. The summed E-state index contributed by atoms with van der Waals surface area (Å²) in [5.74, 6) is 2.48. The Hall–Kier alpha value is -2.11. The molecule has 2 aromatic carbocycles. The monoisotopic (exact) mass is 368 g/mol. The van der Waals surface area contributed by atoms with Crippen LogP contribution in [0.15, 0.2) is 41.9 Å². The highest BCUT2D eigenvalue weighted by Crippen LogP contribution is 2.38. The molecule has 26 heavy (non-hydrogen) atoms. The summed E-state index contributed by atoms with van der Waals surface area (Å²) in [5, 5.41) is 5.57. The van der Waals surface area contributed by atoms with Gasteiger partial charge < -0.3 is 9.47 Å². The lowest BCUT2D eigenvalue weighted by Gasteiger charge is -2.31. The zero-order chi connectivity index (χ0) is 17.9. The first-order chi connectivity index (χ1) is 12.8. The van der Waals surface area contributed by atoms with Crippen LogP contribution < -0.4 is 9.47 Å². The highest BCUT2D eigenvalue weighted by molar-refractivity contribution is 7.09. The van der Waals surface area contributed by atoms with Crippen LogP contribution in [0.3, 0.4) is 0 Å². The molecule has 1 saturated heterocycles. The molecule has 0 atom stereocenters. The van der Waals surface area contributed by atoms with Crippen LogP contribution in [0.2, 0.25) is 0 Å². The quantitative estimate of drug-likeness (QED) is 0.654. The molecule has 1 aliphatic heterocycles. The Balaban J connectivity index is 1.56. The number of fused-ring (bicyclic) bond motifs is 1. The van der Waals surface area contributed by atoms with E-state index >= 15 is 0 Å². The molecule has 0 N–H and O–H groups in total. The molecule has 4 rings (SSSR count). The first kappa shape index (κ1) is 17.3. The minimum Gasteiger partial charge on any atom is -0.496 e. The number of hydrogen-bond acceptors (Lipinski definition) is 5. The fourth-order valence-electron chi connectivity index (χ4n) is 3.91. The van der Waals surface area contributed by atoms with Crippen molar-refractivity contribution >= 4 is 22.1 Å². The van der Waals surface area contributed by atoms with Gasteiger partial charge in [0.15, 0.2) is 0 Å². The van der Waals surface area contributed by atoms with Crippen LogP contribution in [0.4, 0.5) is 0 Å². The van der Waals surface area contributed by atoms with E-state index < -0.39 is 0 Å². The van der Waals surface area contributed by atoms with E-state index in [1.54, 1.807) is 25.6 Å². The molecule has 0 aliphatic carbocycles. The third kappa shape index (κ3) is 3.29. The SMILES string of the molecule is COc1cc(CN2CCC(c3nccs3)CC2)c(OC)c2ccccc12. The summed E-state index contributed by atoms with van der Waals surface area (Å²) < 4.78 is 11.4. The van der Waals surface area contributed by atoms with Crippen molar-refractivity contribution in [2.75, 3.05) is 27.3 Å². The van der Waals surface area contributed by atoms with Crippen molar-refractivity contribution in [1.29, 1.82) is 0 Å². The molecule has 1 fully saturated rings. The van der Waals surface area contributed by atoms with Gasteiger partial charge in [0.25, 0.3) is 0 Å². The van der Waals surface area contributed by atoms with Gasteiger partial charge in [0.1, 0.15) is 11.5 Å². The fourth-order valence-corrected chi connectivity index (χ4v) is 4.72. The van der Waals surface area contributed by atoms with Crippen LogP contribution >= 0.6 is 11.3 Å². The zero-order valence-electron chi connectivity index (χ0n) is 15.3. The number of aromatic nitrogens is 1. The Labute approximate surface area is 158 Å². The van der Waals surface area contributed by atoms with Crippen LogP contribution in [0.5, 0.6) is 11.5 Å². The second-order valence-electron chi connectivity index (χ2n) is 6.74. The van der Waals surface area contributed by atoms with Crippen molar-refractivity contribution in [3.05, 3.63) is 52.5 Å². The smallest absolute Gasteiger partial charge is 0.131 e. The summed E-state index contributed by atoms with van der Waals surface area (Å²) in [5.41, 5.74) is 1.19. The summed E-state index contributed by atoms with van der Waals surface area (Å²) in [6.45, 7) is 3.06. The molecule has 1 aromatic heterocycles. The number of rotatable bonds is 5. The van der Waals surface area contributed by atoms with E-state index in [0.717, 1.165) is 41.9 Å². The Morgan fingerprint density at radius 3 is 2.54 bits per heavy atom. The van der Waals surface area contributed by atoms with Gasteiger partial charge in [-0.25, -0.2) is 4.98 Å². The number of hydrogen-bond donors (Lipinski definition) is 0. The lowest BCUT2D eigenvalue weighted by atomic mass is 9.96. The van der Waals surface area contributed by atoms with Gasteiger partial charge in [0.05, 0.1) is 19.2 Å². The first-order valence-corrected chi connectivity index (χ1v) is 9.92. The molecular formula is C21H24N2O2S. The van der Waals surface area contributed by atoms with E-state index in [0.29, 0.717) is 5.92 Å². The summed E-state index contributed by atoms with van der Waals surface area (Å²) in [6, 6.07) is 10.4. The third-order valence-electron chi connectivity index (χ3n) is 5.24. The lowest BCUT2D eigenvalue weighted by molar-refractivity contribution is 0.202. The Morgan fingerprint density at radius 1 is 1.12 bits per heavy atom. The molecular weight excluding hydrogens is 344 g/mol. The molecule has 0 saturated carbocycles. The number of methoxy groups -OCH3 is 2.